The molecule has 0 aromatic heterocycles. The first-order chi connectivity index (χ1) is 9.27. The lowest BCUT2D eigenvalue weighted by molar-refractivity contribution is 0.109. The Hall–Kier alpha value is -1.33. The monoisotopic (exact) mass is 271 g/mol. The molecule has 0 spiro atoms. The molecule has 5 heteroatoms. The van der Waals surface area contributed by atoms with Crippen molar-refractivity contribution in [3.8, 4) is 5.75 Å². The topological polar surface area (TPSA) is 39.7 Å². The molecule has 1 aromatic carbocycles. The van der Waals surface area contributed by atoms with Crippen LogP contribution in [-0.4, -0.2) is 40.1 Å². The highest BCUT2D eigenvalue weighted by molar-refractivity contribution is 5.47. The van der Waals surface area contributed by atoms with Crippen molar-refractivity contribution in [2.45, 2.75) is 13.3 Å². The molecule has 4 nitrogen and oxygen atoms in total. The summed E-state index contributed by atoms with van der Waals surface area (Å²) in [4.78, 5) is 0. The highest BCUT2D eigenvalue weighted by Gasteiger charge is 2.03. The molecular weight excluding hydrogens is 249 g/mol. The van der Waals surface area contributed by atoms with E-state index in [1.54, 1.807) is 19.2 Å². The van der Waals surface area contributed by atoms with Gasteiger partial charge >= 0.3 is 0 Å². The van der Waals surface area contributed by atoms with Crippen LogP contribution >= 0.6 is 0 Å². The minimum absolute atomic E-state index is 0.281. The van der Waals surface area contributed by atoms with Crippen molar-refractivity contribution in [3.05, 3.63) is 24.0 Å². The largest absolute Gasteiger partial charge is 0.491 e. The van der Waals surface area contributed by atoms with Gasteiger partial charge in [-0.15, -0.1) is 0 Å². The number of hydrogen-bond donors (Lipinski definition) is 1. The van der Waals surface area contributed by atoms with E-state index in [0.717, 1.165) is 12.1 Å². The second-order valence-electron chi connectivity index (χ2n) is 3.96. The van der Waals surface area contributed by atoms with Crippen LogP contribution in [0.1, 0.15) is 13.3 Å². The lowest BCUT2D eigenvalue weighted by Crippen LogP contribution is -2.11. The third-order valence-corrected chi connectivity index (χ3v) is 2.44. The Kier molecular flexibility index (Phi) is 7.93. The number of nitrogens with one attached hydrogen (secondary N) is 1. The van der Waals surface area contributed by atoms with Crippen molar-refractivity contribution in [2.75, 3.05) is 45.4 Å². The van der Waals surface area contributed by atoms with E-state index in [-0.39, 0.29) is 11.6 Å². The van der Waals surface area contributed by atoms with Crippen molar-refractivity contribution in [3.63, 3.8) is 0 Å². The van der Waals surface area contributed by atoms with Crippen molar-refractivity contribution >= 4 is 5.69 Å². The summed E-state index contributed by atoms with van der Waals surface area (Å²) in [5.41, 5.74) is 0.724. The molecule has 0 bridgehead atoms. The predicted molar refractivity (Wildman–Crippen MR) is 73.4 cm³/mol. The summed E-state index contributed by atoms with van der Waals surface area (Å²) in [6.07, 6.45) is 0.883. The summed E-state index contributed by atoms with van der Waals surface area (Å²) < 4.78 is 29.0. The van der Waals surface area contributed by atoms with Crippen LogP contribution in [0.15, 0.2) is 18.2 Å². The first-order valence-corrected chi connectivity index (χ1v) is 6.50. The van der Waals surface area contributed by atoms with Gasteiger partial charge in [0.25, 0.3) is 0 Å². The molecule has 0 fully saturated rings. The van der Waals surface area contributed by atoms with E-state index in [1.807, 2.05) is 6.92 Å². The van der Waals surface area contributed by atoms with Gasteiger partial charge in [0.05, 0.1) is 13.2 Å². The molecule has 0 heterocycles. The lowest BCUT2D eigenvalue weighted by Gasteiger charge is -2.09. The summed E-state index contributed by atoms with van der Waals surface area (Å²) in [5, 5.41) is 3.09. The van der Waals surface area contributed by atoms with Crippen molar-refractivity contribution in [1.29, 1.82) is 0 Å². The van der Waals surface area contributed by atoms with Gasteiger partial charge in [0, 0.05) is 38.6 Å². The molecule has 0 atom stereocenters. The first-order valence-electron chi connectivity index (χ1n) is 6.50. The van der Waals surface area contributed by atoms with Gasteiger partial charge in [-0.2, -0.15) is 0 Å². The fourth-order valence-corrected chi connectivity index (χ4v) is 1.56. The van der Waals surface area contributed by atoms with Crippen molar-refractivity contribution in [2.24, 2.45) is 0 Å². The van der Waals surface area contributed by atoms with Gasteiger partial charge < -0.3 is 19.5 Å². The fraction of sp³-hybridized carbons (Fsp3) is 0.571. The Morgan fingerprint density at radius 3 is 2.74 bits per heavy atom. The quantitative estimate of drug-likeness (QED) is 0.664. The smallest absolute Gasteiger partial charge is 0.167 e. The molecule has 19 heavy (non-hydrogen) atoms. The molecule has 0 saturated heterocycles. The normalized spacial score (nSPS) is 10.5. The molecule has 0 aliphatic carbocycles. The van der Waals surface area contributed by atoms with E-state index in [0.29, 0.717) is 33.0 Å². The van der Waals surface area contributed by atoms with E-state index in [2.05, 4.69) is 5.32 Å². The molecule has 0 radical (unpaired) electrons. The molecule has 1 rings (SSSR count). The van der Waals surface area contributed by atoms with Gasteiger partial charge in [-0.25, -0.2) is 4.39 Å². The van der Waals surface area contributed by atoms with Crippen LogP contribution in [-0.2, 0) is 9.47 Å². The lowest BCUT2D eigenvalue weighted by atomic mass is 10.3. The minimum Gasteiger partial charge on any atom is -0.491 e. The Balaban J connectivity index is 2.20. The number of ether oxygens (including phenoxy) is 3. The number of methoxy groups -OCH3 is 1. The summed E-state index contributed by atoms with van der Waals surface area (Å²) in [6, 6.07) is 4.84. The van der Waals surface area contributed by atoms with Gasteiger partial charge in [0.2, 0.25) is 0 Å². The molecule has 108 valence electrons. The number of rotatable bonds is 10. The van der Waals surface area contributed by atoms with Crippen LogP contribution in [0, 0.1) is 5.82 Å². The standard InChI is InChI=1S/C14H22FNO3/c1-3-19-14-6-5-12(11-13(14)15)16-7-10-18-9-4-8-17-2/h5-6,11,16H,3-4,7-10H2,1-2H3. The Bertz CT molecular complexity index is 361. The van der Waals surface area contributed by atoms with Crippen molar-refractivity contribution < 1.29 is 18.6 Å². The second kappa shape index (κ2) is 9.58. The van der Waals surface area contributed by atoms with Gasteiger partial charge in [-0.3, -0.25) is 0 Å². The summed E-state index contributed by atoms with van der Waals surface area (Å²) in [7, 11) is 1.67. The van der Waals surface area contributed by atoms with E-state index >= 15 is 0 Å². The molecule has 0 unspecified atom stereocenters. The zero-order chi connectivity index (χ0) is 13.9. The van der Waals surface area contributed by atoms with E-state index < -0.39 is 0 Å². The Labute approximate surface area is 113 Å². The van der Waals surface area contributed by atoms with E-state index in [9.17, 15) is 4.39 Å². The summed E-state index contributed by atoms with van der Waals surface area (Å²) in [6.45, 7) is 4.88. The third-order valence-electron chi connectivity index (χ3n) is 2.44. The Morgan fingerprint density at radius 2 is 2.05 bits per heavy atom. The first kappa shape index (κ1) is 15.7. The van der Waals surface area contributed by atoms with Gasteiger partial charge in [0.15, 0.2) is 11.6 Å². The second-order valence-corrected chi connectivity index (χ2v) is 3.96. The summed E-state index contributed by atoms with van der Waals surface area (Å²) in [5.74, 6) is -0.0725. The number of hydrogen-bond acceptors (Lipinski definition) is 4. The highest BCUT2D eigenvalue weighted by atomic mass is 19.1. The molecule has 0 saturated carbocycles. The van der Waals surface area contributed by atoms with Crippen LogP contribution in [0.2, 0.25) is 0 Å². The van der Waals surface area contributed by atoms with E-state index in [1.165, 1.54) is 6.07 Å². The maximum atomic E-state index is 13.5. The predicted octanol–water partition coefficient (Wildman–Crippen LogP) is 2.69. The van der Waals surface area contributed by atoms with Crippen molar-refractivity contribution in [1.82, 2.24) is 0 Å². The molecule has 0 aliphatic rings. The average molecular weight is 271 g/mol. The molecule has 0 aliphatic heterocycles. The number of benzene rings is 1. The molecular formula is C14H22FNO3. The van der Waals surface area contributed by atoms with Gasteiger partial charge in [-0.1, -0.05) is 0 Å². The fourth-order valence-electron chi connectivity index (χ4n) is 1.56. The zero-order valence-electron chi connectivity index (χ0n) is 11.6. The number of halogens is 1. The third kappa shape index (κ3) is 6.40. The SMILES string of the molecule is CCOc1ccc(NCCOCCCOC)cc1F. The maximum Gasteiger partial charge on any atom is 0.167 e. The average Bonchev–Trinajstić information content (AvgIpc) is 2.41. The summed E-state index contributed by atoms with van der Waals surface area (Å²) >= 11 is 0. The minimum atomic E-state index is -0.354. The van der Waals surface area contributed by atoms with Crippen LogP contribution in [0.25, 0.3) is 0 Å². The molecule has 1 N–H and O–H groups in total. The maximum absolute atomic E-state index is 13.5. The van der Waals surface area contributed by atoms with Gasteiger partial charge in [-0.05, 0) is 25.5 Å². The van der Waals surface area contributed by atoms with Gasteiger partial charge in [0.1, 0.15) is 0 Å². The highest BCUT2D eigenvalue weighted by Crippen LogP contribution is 2.20. The van der Waals surface area contributed by atoms with E-state index in [4.69, 9.17) is 14.2 Å². The Morgan fingerprint density at radius 1 is 1.21 bits per heavy atom. The van der Waals surface area contributed by atoms with Crippen LogP contribution < -0.4 is 10.1 Å². The zero-order valence-corrected chi connectivity index (χ0v) is 11.6. The van der Waals surface area contributed by atoms with Crippen LogP contribution in [0.4, 0.5) is 10.1 Å². The molecule has 0 amide bonds. The van der Waals surface area contributed by atoms with Crippen LogP contribution in [0.3, 0.4) is 0 Å². The molecule has 1 aromatic rings. The number of anilines is 1. The van der Waals surface area contributed by atoms with Crippen LogP contribution in [0.5, 0.6) is 5.75 Å².